The van der Waals surface area contributed by atoms with Crippen LogP contribution in [-0.2, 0) is 10.0 Å². The third-order valence-corrected chi connectivity index (χ3v) is 6.82. The van der Waals surface area contributed by atoms with E-state index in [-0.39, 0.29) is 0 Å². The first kappa shape index (κ1) is 13.8. The number of hydrogen-bond donors (Lipinski definition) is 1. The molecule has 3 aliphatic rings. The molecule has 2 atom stereocenters. The van der Waals surface area contributed by atoms with Gasteiger partial charge in [-0.3, -0.25) is 0 Å². The van der Waals surface area contributed by atoms with Crippen molar-refractivity contribution in [3.8, 4) is 0 Å². The molecule has 1 saturated heterocycles. The lowest BCUT2D eigenvalue weighted by Crippen LogP contribution is -2.32. The van der Waals surface area contributed by atoms with E-state index in [4.69, 9.17) is 0 Å². The molecule has 1 N–H and O–H groups in total. The fourth-order valence-electron chi connectivity index (χ4n) is 3.55. The van der Waals surface area contributed by atoms with E-state index in [1.165, 1.54) is 32.1 Å². The molecule has 0 radical (unpaired) electrons. The van der Waals surface area contributed by atoms with E-state index in [1.807, 2.05) is 0 Å². The Morgan fingerprint density at radius 1 is 1.00 bits per heavy atom. The molecule has 3 rings (SSSR count). The van der Waals surface area contributed by atoms with Crippen LogP contribution >= 0.6 is 0 Å². The fourth-order valence-corrected chi connectivity index (χ4v) is 5.22. The second-order valence-corrected chi connectivity index (χ2v) is 8.61. The summed E-state index contributed by atoms with van der Waals surface area (Å²) in [4.78, 5) is 0. The highest BCUT2D eigenvalue weighted by Crippen LogP contribution is 2.38. The van der Waals surface area contributed by atoms with Crippen molar-refractivity contribution in [3.05, 3.63) is 0 Å². The molecule has 19 heavy (non-hydrogen) atoms. The van der Waals surface area contributed by atoms with Crippen LogP contribution in [0.2, 0.25) is 0 Å². The van der Waals surface area contributed by atoms with E-state index in [2.05, 4.69) is 5.32 Å². The van der Waals surface area contributed by atoms with E-state index < -0.39 is 10.0 Å². The summed E-state index contributed by atoms with van der Waals surface area (Å²) in [7, 11) is -2.98. The average Bonchev–Trinajstić information content (AvgIpc) is 2.92. The third-order valence-electron chi connectivity index (χ3n) is 4.93. The molecule has 0 bridgehead atoms. The Hall–Kier alpha value is -0.130. The number of unbranched alkanes of at least 4 members (excludes halogenated alkanes) is 1. The first-order chi connectivity index (χ1) is 9.15. The second kappa shape index (κ2) is 5.70. The topological polar surface area (TPSA) is 49.4 Å². The zero-order valence-electron chi connectivity index (χ0n) is 11.7. The monoisotopic (exact) mass is 286 g/mol. The zero-order valence-corrected chi connectivity index (χ0v) is 12.5. The van der Waals surface area contributed by atoms with E-state index in [9.17, 15) is 8.42 Å². The number of nitrogens with one attached hydrogen (secondary N) is 1. The smallest absolute Gasteiger partial charge is 0.214 e. The van der Waals surface area contributed by atoms with Crippen LogP contribution in [0.15, 0.2) is 0 Å². The van der Waals surface area contributed by atoms with Crippen LogP contribution in [0.5, 0.6) is 0 Å². The van der Waals surface area contributed by atoms with Gasteiger partial charge in [0.2, 0.25) is 10.0 Å². The Morgan fingerprint density at radius 3 is 2.32 bits per heavy atom. The van der Waals surface area contributed by atoms with Crippen molar-refractivity contribution < 1.29 is 8.42 Å². The normalized spacial score (nSPS) is 31.8. The van der Waals surface area contributed by atoms with Crippen LogP contribution in [-0.4, -0.2) is 44.2 Å². The van der Waals surface area contributed by atoms with Gasteiger partial charge in [0.1, 0.15) is 0 Å². The molecule has 3 fully saturated rings. The molecule has 0 amide bonds. The summed E-state index contributed by atoms with van der Waals surface area (Å²) in [6, 6.07) is 0.731. The lowest BCUT2D eigenvalue weighted by molar-refractivity contribution is 0.443. The molecule has 2 unspecified atom stereocenters. The highest BCUT2D eigenvalue weighted by Gasteiger charge is 2.40. The van der Waals surface area contributed by atoms with Crippen molar-refractivity contribution in [3.63, 3.8) is 0 Å². The van der Waals surface area contributed by atoms with E-state index in [1.54, 1.807) is 4.31 Å². The van der Waals surface area contributed by atoms with Gasteiger partial charge < -0.3 is 5.32 Å². The summed E-state index contributed by atoms with van der Waals surface area (Å²) in [6.45, 7) is 2.58. The number of hydrogen-bond acceptors (Lipinski definition) is 3. The molecule has 0 aromatic heterocycles. The molecular weight excluding hydrogens is 260 g/mol. The molecule has 0 aromatic rings. The molecule has 2 aliphatic carbocycles. The molecule has 1 heterocycles. The van der Waals surface area contributed by atoms with Gasteiger partial charge in [-0.1, -0.05) is 6.42 Å². The van der Waals surface area contributed by atoms with Gasteiger partial charge >= 0.3 is 0 Å². The zero-order chi connectivity index (χ0) is 13.3. The molecule has 2 saturated carbocycles. The first-order valence-corrected chi connectivity index (χ1v) is 9.47. The maximum Gasteiger partial charge on any atom is 0.214 e. The van der Waals surface area contributed by atoms with Crippen LogP contribution in [0.3, 0.4) is 0 Å². The highest BCUT2D eigenvalue weighted by molar-refractivity contribution is 7.89. The minimum absolute atomic E-state index is 0.346. The standard InChI is InChI=1S/C14H26N2O2S/c17-19(18,9-2-1-8-15-14-6-7-14)16-10-12-4-3-5-13(12)11-16/h12-15H,1-11H2. The van der Waals surface area contributed by atoms with Gasteiger partial charge in [-0.25, -0.2) is 12.7 Å². The Kier molecular flexibility index (Phi) is 4.15. The summed E-state index contributed by atoms with van der Waals surface area (Å²) in [5.74, 6) is 1.66. The van der Waals surface area contributed by atoms with Gasteiger partial charge in [0.15, 0.2) is 0 Å². The van der Waals surface area contributed by atoms with Crippen molar-refractivity contribution in [1.82, 2.24) is 9.62 Å². The minimum atomic E-state index is -2.98. The Bertz CT molecular complexity index is 394. The maximum atomic E-state index is 12.3. The predicted octanol–water partition coefficient (Wildman–Crippen LogP) is 1.58. The third kappa shape index (κ3) is 3.50. The number of sulfonamides is 1. The average molecular weight is 286 g/mol. The predicted molar refractivity (Wildman–Crippen MR) is 76.4 cm³/mol. The summed E-state index contributed by atoms with van der Waals surface area (Å²) in [5, 5.41) is 3.44. The quantitative estimate of drug-likeness (QED) is 0.723. The van der Waals surface area contributed by atoms with Gasteiger partial charge in [0, 0.05) is 19.1 Å². The van der Waals surface area contributed by atoms with Crippen molar-refractivity contribution in [1.29, 1.82) is 0 Å². The van der Waals surface area contributed by atoms with Crippen LogP contribution in [0.1, 0.15) is 44.9 Å². The Labute approximate surface area is 117 Å². The second-order valence-electron chi connectivity index (χ2n) is 6.52. The molecule has 0 spiro atoms. The van der Waals surface area contributed by atoms with E-state index in [0.29, 0.717) is 17.6 Å². The lowest BCUT2D eigenvalue weighted by atomic mass is 10.0. The van der Waals surface area contributed by atoms with Crippen molar-refractivity contribution in [2.24, 2.45) is 11.8 Å². The van der Waals surface area contributed by atoms with Crippen LogP contribution in [0.4, 0.5) is 0 Å². The molecule has 0 aromatic carbocycles. The van der Waals surface area contributed by atoms with E-state index >= 15 is 0 Å². The SMILES string of the molecule is O=S(=O)(CCCCNC1CC1)N1CC2CCCC2C1. The molecule has 1 aliphatic heterocycles. The van der Waals surface area contributed by atoms with Gasteiger partial charge in [-0.15, -0.1) is 0 Å². The Balaban J connectivity index is 1.38. The van der Waals surface area contributed by atoms with Crippen LogP contribution in [0, 0.1) is 11.8 Å². The van der Waals surface area contributed by atoms with Gasteiger partial charge in [0.25, 0.3) is 0 Å². The largest absolute Gasteiger partial charge is 0.314 e. The summed E-state index contributed by atoms with van der Waals surface area (Å²) in [5.41, 5.74) is 0. The van der Waals surface area contributed by atoms with Crippen molar-refractivity contribution in [2.45, 2.75) is 51.0 Å². The number of nitrogens with zero attached hydrogens (tertiary/aromatic N) is 1. The molecule has 110 valence electrons. The first-order valence-electron chi connectivity index (χ1n) is 7.86. The van der Waals surface area contributed by atoms with E-state index in [0.717, 1.165) is 38.5 Å². The summed E-state index contributed by atoms with van der Waals surface area (Å²) >= 11 is 0. The Morgan fingerprint density at radius 2 is 1.68 bits per heavy atom. The number of rotatable bonds is 7. The fraction of sp³-hybridized carbons (Fsp3) is 1.00. The van der Waals surface area contributed by atoms with Gasteiger partial charge in [-0.05, 0) is 56.9 Å². The maximum absolute atomic E-state index is 12.3. The highest BCUT2D eigenvalue weighted by atomic mass is 32.2. The molecule has 5 heteroatoms. The number of fused-ring (bicyclic) bond motifs is 1. The minimum Gasteiger partial charge on any atom is -0.314 e. The lowest BCUT2D eigenvalue weighted by Gasteiger charge is -2.17. The van der Waals surface area contributed by atoms with Crippen molar-refractivity contribution in [2.75, 3.05) is 25.4 Å². The van der Waals surface area contributed by atoms with Gasteiger partial charge in [0.05, 0.1) is 5.75 Å². The molecular formula is C14H26N2O2S. The van der Waals surface area contributed by atoms with Crippen LogP contribution in [0.25, 0.3) is 0 Å². The summed E-state index contributed by atoms with van der Waals surface area (Å²) in [6.07, 6.45) is 8.16. The van der Waals surface area contributed by atoms with Crippen LogP contribution < -0.4 is 5.32 Å². The van der Waals surface area contributed by atoms with Crippen molar-refractivity contribution >= 4 is 10.0 Å². The summed E-state index contributed by atoms with van der Waals surface area (Å²) < 4.78 is 26.3. The van der Waals surface area contributed by atoms with Gasteiger partial charge in [-0.2, -0.15) is 0 Å². The molecule has 4 nitrogen and oxygen atoms in total.